The summed E-state index contributed by atoms with van der Waals surface area (Å²) in [5.74, 6) is 0. The summed E-state index contributed by atoms with van der Waals surface area (Å²) in [6, 6.07) is 7.07. The highest BCUT2D eigenvalue weighted by Gasteiger charge is 2.24. The zero-order valence-corrected chi connectivity index (χ0v) is 12.3. The molecule has 1 amide bonds. The Hall–Kier alpha value is -1.26. The van der Waals surface area contributed by atoms with E-state index < -0.39 is 11.7 Å². The van der Waals surface area contributed by atoms with Crippen molar-refractivity contribution in [3.63, 3.8) is 0 Å². The second kappa shape index (κ2) is 6.78. The number of para-hydroxylation sites is 1. The Bertz CT molecular complexity index is 429. The number of aliphatic hydroxyl groups is 1. The first-order chi connectivity index (χ1) is 8.85. The minimum atomic E-state index is -0.574. The third-order valence-corrected chi connectivity index (χ3v) is 2.62. The van der Waals surface area contributed by atoms with E-state index in [0.29, 0.717) is 23.7 Å². The summed E-state index contributed by atoms with van der Waals surface area (Å²) in [5.41, 5.74) is 0.0161. The topological polar surface area (TPSA) is 49.8 Å². The van der Waals surface area contributed by atoms with Crippen LogP contribution in [0.1, 0.15) is 27.2 Å². The van der Waals surface area contributed by atoms with E-state index >= 15 is 0 Å². The Labute approximate surface area is 118 Å². The van der Waals surface area contributed by atoms with Gasteiger partial charge in [0.05, 0.1) is 10.7 Å². The smallest absolute Gasteiger partial charge is 0.414 e. The van der Waals surface area contributed by atoms with E-state index in [4.69, 9.17) is 21.4 Å². The van der Waals surface area contributed by atoms with Gasteiger partial charge in [0.25, 0.3) is 0 Å². The maximum absolute atomic E-state index is 12.2. The van der Waals surface area contributed by atoms with Gasteiger partial charge in [-0.2, -0.15) is 0 Å². The van der Waals surface area contributed by atoms with Gasteiger partial charge in [0.15, 0.2) is 0 Å². The number of ether oxygens (including phenoxy) is 1. The van der Waals surface area contributed by atoms with Crippen LogP contribution in [0.25, 0.3) is 0 Å². The van der Waals surface area contributed by atoms with Gasteiger partial charge in [-0.1, -0.05) is 23.7 Å². The first kappa shape index (κ1) is 15.8. The molecule has 0 unspecified atom stereocenters. The number of halogens is 1. The van der Waals surface area contributed by atoms with E-state index in [0.717, 1.165) is 0 Å². The summed E-state index contributed by atoms with van der Waals surface area (Å²) in [6.07, 6.45) is -0.00108. The number of carbonyl (C=O) groups excluding carboxylic acids is 1. The number of amides is 1. The maximum Gasteiger partial charge on any atom is 0.414 e. The van der Waals surface area contributed by atoms with Crippen LogP contribution in [-0.2, 0) is 4.74 Å². The Morgan fingerprint density at radius 2 is 2.00 bits per heavy atom. The van der Waals surface area contributed by atoms with Crippen molar-refractivity contribution in [1.82, 2.24) is 0 Å². The van der Waals surface area contributed by atoms with E-state index in [1.54, 1.807) is 24.3 Å². The molecule has 1 N–H and O–H groups in total. The van der Waals surface area contributed by atoms with Crippen molar-refractivity contribution in [2.45, 2.75) is 32.8 Å². The average Bonchev–Trinajstić information content (AvgIpc) is 2.29. The second-order valence-corrected chi connectivity index (χ2v) is 5.57. The minimum Gasteiger partial charge on any atom is -0.443 e. The van der Waals surface area contributed by atoms with Crippen LogP contribution in [0.15, 0.2) is 24.3 Å². The van der Waals surface area contributed by atoms with Crippen LogP contribution < -0.4 is 4.90 Å². The molecule has 1 aromatic carbocycles. The van der Waals surface area contributed by atoms with E-state index in [-0.39, 0.29) is 6.61 Å². The van der Waals surface area contributed by atoms with Gasteiger partial charge in [0.2, 0.25) is 0 Å². The van der Waals surface area contributed by atoms with Crippen molar-refractivity contribution < 1.29 is 14.6 Å². The van der Waals surface area contributed by atoms with Gasteiger partial charge in [-0.3, -0.25) is 4.90 Å². The summed E-state index contributed by atoms with van der Waals surface area (Å²) >= 11 is 6.10. The van der Waals surface area contributed by atoms with Gasteiger partial charge in [-0.05, 0) is 39.3 Å². The molecular formula is C14H20ClNO3. The molecular weight excluding hydrogens is 266 g/mol. The number of aliphatic hydroxyl groups excluding tert-OH is 1. The molecule has 0 aromatic heterocycles. The molecule has 0 aliphatic carbocycles. The van der Waals surface area contributed by atoms with Gasteiger partial charge in [0, 0.05) is 13.2 Å². The number of nitrogens with zero attached hydrogens (tertiary/aromatic N) is 1. The van der Waals surface area contributed by atoms with Gasteiger partial charge < -0.3 is 9.84 Å². The largest absolute Gasteiger partial charge is 0.443 e. The first-order valence-corrected chi connectivity index (χ1v) is 6.59. The fourth-order valence-corrected chi connectivity index (χ4v) is 1.76. The van der Waals surface area contributed by atoms with Crippen LogP contribution in [0.4, 0.5) is 10.5 Å². The molecule has 0 spiro atoms. The average molecular weight is 286 g/mol. The zero-order valence-electron chi connectivity index (χ0n) is 11.5. The highest BCUT2D eigenvalue weighted by Crippen LogP contribution is 2.26. The van der Waals surface area contributed by atoms with Crippen molar-refractivity contribution in [3.05, 3.63) is 29.3 Å². The van der Waals surface area contributed by atoms with Crippen molar-refractivity contribution in [3.8, 4) is 0 Å². The standard InChI is InChI=1S/C14H20ClNO3/c1-14(2,3)19-13(18)16(9-6-10-17)12-8-5-4-7-11(12)15/h4-5,7-8,17H,6,9-10H2,1-3H3. The predicted molar refractivity (Wildman–Crippen MR) is 76.7 cm³/mol. The van der Waals surface area contributed by atoms with E-state index in [1.165, 1.54) is 4.90 Å². The van der Waals surface area contributed by atoms with E-state index in [9.17, 15) is 4.79 Å². The number of rotatable bonds is 4. The van der Waals surface area contributed by atoms with Crippen LogP contribution >= 0.6 is 11.6 Å². The molecule has 4 nitrogen and oxygen atoms in total. The molecule has 0 fully saturated rings. The van der Waals surface area contributed by atoms with E-state index in [1.807, 2.05) is 20.8 Å². The molecule has 0 bridgehead atoms. The highest BCUT2D eigenvalue weighted by atomic mass is 35.5. The van der Waals surface area contributed by atoms with Crippen LogP contribution in [0, 0.1) is 0 Å². The van der Waals surface area contributed by atoms with Crippen LogP contribution in [0.3, 0.4) is 0 Å². The molecule has 19 heavy (non-hydrogen) atoms. The van der Waals surface area contributed by atoms with Crippen molar-refractivity contribution >= 4 is 23.4 Å². The van der Waals surface area contributed by atoms with Crippen LogP contribution in [-0.4, -0.2) is 30.0 Å². The number of hydrogen-bond acceptors (Lipinski definition) is 3. The van der Waals surface area contributed by atoms with Gasteiger partial charge in [-0.15, -0.1) is 0 Å². The number of benzene rings is 1. The lowest BCUT2D eigenvalue weighted by Crippen LogP contribution is -2.38. The Morgan fingerprint density at radius 1 is 1.37 bits per heavy atom. The zero-order chi connectivity index (χ0) is 14.5. The second-order valence-electron chi connectivity index (χ2n) is 5.16. The van der Waals surface area contributed by atoms with Crippen LogP contribution in [0.2, 0.25) is 5.02 Å². The van der Waals surface area contributed by atoms with Gasteiger partial charge >= 0.3 is 6.09 Å². The van der Waals surface area contributed by atoms with Crippen molar-refractivity contribution in [1.29, 1.82) is 0 Å². The Morgan fingerprint density at radius 3 is 2.53 bits per heavy atom. The normalized spacial score (nSPS) is 11.2. The molecule has 1 rings (SSSR count). The van der Waals surface area contributed by atoms with E-state index in [2.05, 4.69) is 0 Å². The third kappa shape index (κ3) is 5.09. The SMILES string of the molecule is CC(C)(C)OC(=O)N(CCCO)c1ccccc1Cl. The summed E-state index contributed by atoms with van der Waals surface area (Å²) in [6.45, 7) is 5.78. The number of hydrogen-bond donors (Lipinski definition) is 1. The molecule has 0 aliphatic heterocycles. The summed E-state index contributed by atoms with van der Waals surface area (Å²) in [4.78, 5) is 13.6. The monoisotopic (exact) mass is 285 g/mol. The number of carbonyl (C=O) groups is 1. The molecule has 0 heterocycles. The lowest BCUT2D eigenvalue weighted by Gasteiger charge is -2.27. The predicted octanol–water partition coefficient (Wildman–Crippen LogP) is 3.46. The third-order valence-electron chi connectivity index (χ3n) is 2.30. The lowest BCUT2D eigenvalue weighted by atomic mass is 10.2. The molecule has 0 radical (unpaired) electrons. The molecule has 0 saturated heterocycles. The molecule has 106 valence electrons. The summed E-state index contributed by atoms with van der Waals surface area (Å²) in [7, 11) is 0. The molecule has 0 saturated carbocycles. The molecule has 5 heteroatoms. The Balaban J connectivity index is 2.95. The summed E-state index contributed by atoms with van der Waals surface area (Å²) in [5, 5.41) is 9.41. The van der Waals surface area contributed by atoms with Crippen molar-refractivity contribution in [2.75, 3.05) is 18.1 Å². The quantitative estimate of drug-likeness (QED) is 0.921. The Kier molecular flexibility index (Phi) is 5.63. The van der Waals surface area contributed by atoms with Gasteiger partial charge in [0.1, 0.15) is 5.60 Å². The minimum absolute atomic E-state index is 0.00372. The highest BCUT2D eigenvalue weighted by molar-refractivity contribution is 6.33. The fraction of sp³-hybridized carbons (Fsp3) is 0.500. The van der Waals surface area contributed by atoms with Gasteiger partial charge in [-0.25, -0.2) is 4.79 Å². The van der Waals surface area contributed by atoms with Crippen molar-refractivity contribution in [2.24, 2.45) is 0 Å². The first-order valence-electron chi connectivity index (χ1n) is 6.21. The number of anilines is 1. The molecule has 0 aliphatic rings. The molecule has 1 aromatic rings. The van der Waals surface area contributed by atoms with Crippen LogP contribution in [0.5, 0.6) is 0 Å². The lowest BCUT2D eigenvalue weighted by molar-refractivity contribution is 0.0578. The summed E-state index contributed by atoms with van der Waals surface area (Å²) < 4.78 is 5.35. The maximum atomic E-state index is 12.2. The molecule has 0 atom stereocenters. The fourth-order valence-electron chi connectivity index (χ4n) is 1.53.